The normalized spacial score (nSPS) is 10.7. The Morgan fingerprint density at radius 3 is 2.70 bits per heavy atom. The quantitative estimate of drug-likeness (QED) is 0.680. The molecule has 0 aliphatic carbocycles. The van der Waals surface area contributed by atoms with E-state index in [2.05, 4.69) is 22.1 Å². The molecule has 0 bridgehead atoms. The van der Waals surface area contributed by atoms with Gasteiger partial charge in [0, 0.05) is 12.6 Å². The first-order valence-corrected chi connectivity index (χ1v) is 6.53. The number of Topliss-reactive ketones (excluding diaryl/α,β-unsaturated/α-hetero) is 1. The van der Waals surface area contributed by atoms with Crippen LogP contribution in [0.25, 0.3) is 10.8 Å². The highest BCUT2D eigenvalue weighted by atomic mass is 16.1. The van der Waals surface area contributed by atoms with Gasteiger partial charge in [0.2, 0.25) is 0 Å². The van der Waals surface area contributed by atoms with Gasteiger partial charge >= 0.3 is 0 Å². The van der Waals surface area contributed by atoms with E-state index >= 15 is 0 Å². The molecule has 0 aliphatic rings. The Morgan fingerprint density at radius 2 is 1.85 bits per heavy atom. The van der Waals surface area contributed by atoms with Crippen LogP contribution < -0.4 is 0 Å². The maximum atomic E-state index is 12.3. The Morgan fingerprint density at radius 1 is 1.05 bits per heavy atom. The molecular formula is C17H14N2O. The monoisotopic (exact) mass is 262 g/mol. The number of aryl methyl sites for hydroxylation is 1. The van der Waals surface area contributed by atoms with Crippen LogP contribution in [0.5, 0.6) is 0 Å². The smallest absolute Gasteiger partial charge is 0.185 e. The highest BCUT2D eigenvalue weighted by molar-refractivity contribution is 5.98. The van der Waals surface area contributed by atoms with Crippen molar-refractivity contribution in [1.29, 1.82) is 0 Å². The molecular weight excluding hydrogens is 248 g/mol. The van der Waals surface area contributed by atoms with Gasteiger partial charge in [0.15, 0.2) is 5.78 Å². The van der Waals surface area contributed by atoms with Crippen LogP contribution in [-0.4, -0.2) is 15.8 Å². The third kappa shape index (κ3) is 2.43. The standard InChI is InChI=1S/C17H14N2O/c1-12-18-10-9-16(19-12)17(20)11-14-7-4-6-13-5-2-3-8-15(13)14/h2-10H,11H2,1H3. The Kier molecular flexibility index (Phi) is 3.25. The molecule has 1 heterocycles. The number of rotatable bonds is 3. The van der Waals surface area contributed by atoms with Crippen LogP contribution in [0.1, 0.15) is 21.9 Å². The highest BCUT2D eigenvalue weighted by Crippen LogP contribution is 2.19. The Hall–Kier alpha value is -2.55. The van der Waals surface area contributed by atoms with Crippen LogP contribution in [0, 0.1) is 6.92 Å². The molecule has 3 rings (SSSR count). The van der Waals surface area contributed by atoms with Crippen molar-refractivity contribution in [3.8, 4) is 0 Å². The number of carbonyl (C=O) groups is 1. The molecule has 0 amide bonds. The number of fused-ring (bicyclic) bond motifs is 1. The Bertz CT molecular complexity index is 775. The van der Waals surface area contributed by atoms with E-state index < -0.39 is 0 Å². The zero-order chi connectivity index (χ0) is 13.9. The fourth-order valence-corrected chi connectivity index (χ4v) is 2.32. The van der Waals surface area contributed by atoms with Gasteiger partial charge in [0.05, 0.1) is 0 Å². The number of hydrogen-bond acceptors (Lipinski definition) is 3. The van der Waals surface area contributed by atoms with E-state index in [1.165, 1.54) is 0 Å². The van der Waals surface area contributed by atoms with E-state index in [9.17, 15) is 4.79 Å². The number of ketones is 1. The molecule has 0 atom stereocenters. The van der Waals surface area contributed by atoms with Gasteiger partial charge in [-0.3, -0.25) is 4.79 Å². The van der Waals surface area contributed by atoms with Crippen molar-refractivity contribution in [2.24, 2.45) is 0 Å². The van der Waals surface area contributed by atoms with Crippen LogP contribution >= 0.6 is 0 Å². The summed E-state index contributed by atoms with van der Waals surface area (Å²) >= 11 is 0. The van der Waals surface area contributed by atoms with Crippen LogP contribution in [0.3, 0.4) is 0 Å². The van der Waals surface area contributed by atoms with Gasteiger partial charge in [-0.2, -0.15) is 0 Å². The van der Waals surface area contributed by atoms with Crippen molar-refractivity contribution in [1.82, 2.24) is 9.97 Å². The van der Waals surface area contributed by atoms with Gasteiger partial charge in [-0.25, -0.2) is 9.97 Å². The lowest BCUT2D eigenvalue weighted by molar-refractivity contribution is 0.0988. The Labute approximate surface area is 117 Å². The number of aromatic nitrogens is 2. The summed E-state index contributed by atoms with van der Waals surface area (Å²) in [7, 11) is 0. The molecule has 3 nitrogen and oxygen atoms in total. The van der Waals surface area contributed by atoms with Crippen molar-refractivity contribution < 1.29 is 4.79 Å². The second kappa shape index (κ2) is 5.21. The van der Waals surface area contributed by atoms with E-state index in [-0.39, 0.29) is 5.78 Å². The molecule has 0 fully saturated rings. The SMILES string of the molecule is Cc1nccc(C(=O)Cc2cccc3ccccc23)n1. The topological polar surface area (TPSA) is 42.9 Å². The summed E-state index contributed by atoms with van der Waals surface area (Å²) in [5, 5.41) is 2.27. The van der Waals surface area contributed by atoms with Gasteiger partial charge in [0.1, 0.15) is 11.5 Å². The third-order valence-electron chi connectivity index (χ3n) is 3.29. The van der Waals surface area contributed by atoms with Gasteiger partial charge in [-0.15, -0.1) is 0 Å². The molecule has 1 aromatic heterocycles. The summed E-state index contributed by atoms with van der Waals surface area (Å²) in [5.74, 6) is 0.639. The first-order valence-electron chi connectivity index (χ1n) is 6.53. The lowest BCUT2D eigenvalue weighted by Gasteiger charge is -2.06. The fraction of sp³-hybridized carbons (Fsp3) is 0.118. The lowest BCUT2D eigenvalue weighted by atomic mass is 9.99. The molecule has 3 heteroatoms. The number of benzene rings is 2. The first-order chi connectivity index (χ1) is 9.74. The second-order valence-corrected chi connectivity index (χ2v) is 4.73. The second-order valence-electron chi connectivity index (χ2n) is 4.73. The van der Waals surface area contributed by atoms with Crippen LogP contribution in [0.4, 0.5) is 0 Å². The molecule has 0 unspecified atom stereocenters. The maximum absolute atomic E-state index is 12.3. The van der Waals surface area contributed by atoms with Gasteiger partial charge in [-0.05, 0) is 29.3 Å². The minimum atomic E-state index is 0.0202. The van der Waals surface area contributed by atoms with Gasteiger partial charge in [0.25, 0.3) is 0 Å². The largest absolute Gasteiger partial charge is 0.292 e. The summed E-state index contributed by atoms with van der Waals surface area (Å²) in [6.07, 6.45) is 1.98. The van der Waals surface area contributed by atoms with Crippen molar-refractivity contribution in [3.63, 3.8) is 0 Å². The number of carbonyl (C=O) groups excluding carboxylic acids is 1. The minimum Gasteiger partial charge on any atom is -0.292 e. The van der Waals surface area contributed by atoms with Crippen molar-refractivity contribution >= 4 is 16.6 Å². The molecule has 0 N–H and O–H groups in total. The molecule has 0 aliphatic heterocycles. The molecule has 3 aromatic rings. The fourth-order valence-electron chi connectivity index (χ4n) is 2.32. The summed E-state index contributed by atoms with van der Waals surface area (Å²) in [6, 6.07) is 15.8. The van der Waals surface area contributed by atoms with E-state index in [1.54, 1.807) is 19.2 Å². The predicted molar refractivity (Wildman–Crippen MR) is 78.8 cm³/mol. The molecule has 2 aromatic carbocycles. The molecule has 0 radical (unpaired) electrons. The zero-order valence-electron chi connectivity index (χ0n) is 11.2. The van der Waals surface area contributed by atoms with Crippen LogP contribution in [0.2, 0.25) is 0 Å². The maximum Gasteiger partial charge on any atom is 0.185 e. The van der Waals surface area contributed by atoms with Crippen molar-refractivity contribution in [2.45, 2.75) is 13.3 Å². The first kappa shape index (κ1) is 12.5. The summed E-state index contributed by atoms with van der Waals surface area (Å²) in [4.78, 5) is 20.5. The van der Waals surface area contributed by atoms with Crippen LogP contribution in [0.15, 0.2) is 54.7 Å². The summed E-state index contributed by atoms with van der Waals surface area (Å²) in [6.45, 7) is 1.79. The van der Waals surface area contributed by atoms with Gasteiger partial charge in [-0.1, -0.05) is 42.5 Å². The molecule has 0 saturated heterocycles. The molecule has 0 spiro atoms. The highest BCUT2D eigenvalue weighted by Gasteiger charge is 2.10. The van der Waals surface area contributed by atoms with Gasteiger partial charge < -0.3 is 0 Å². The lowest BCUT2D eigenvalue weighted by Crippen LogP contribution is -2.07. The minimum absolute atomic E-state index is 0.0202. The Balaban J connectivity index is 1.95. The van der Waals surface area contributed by atoms with E-state index in [4.69, 9.17) is 0 Å². The number of nitrogens with zero attached hydrogens (tertiary/aromatic N) is 2. The molecule has 98 valence electrons. The molecule has 20 heavy (non-hydrogen) atoms. The van der Waals surface area contributed by atoms with Crippen molar-refractivity contribution in [3.05, 3.63) is 71.8 Å². The molecule has 0 saturated carbocycles. The van der Waals surface area contributed by atoms with E-state index in [0.717, 1.165) is 16.3 Å². The zero-order valence-corrected chi connectivity index (χ0v) is 11.2. The van der Waals surface area contributed by atoms with E-state index in [0.29, 0.717) is 17.9 Å². The summed E-state index contributed by atoms with van der Waals surface area (Å²) < 4.78 is 0. The average Bonchev–Trinajstić information content (AvgIpc) is 2.47. The third-order valence-corrected chi connectivity index (χ3v) is 3.29. The summed E-state index contributed by atoms with van der Waals surface area (Å²) in [5.41, 5.74) is 1.51. The number of hydrogen-bond donors (Lipinski definition) is 0. The predicted octanol–water partition coefficient (Wildman–Crippen LogP) is 3.36. The average molecular weight is 262 g/mol. The van der Waals surface area contributed by atoms with Crippen molar-refractivity contribution in [2.75, 3.05) is 0 Å². The van der Waals surface area contributed by atoms with Crippen LogP contribution in [-0.2, 0) is 6.42 Å². The van der Waals surface area contributed by atoms with E-state index in [1.807, 2.05) is 30.3 Å².